The summed E-state index contributed by atoms with van der Waals surface area (Å²) < 4.78 is 0.271. The second-order valence-corrected chi connectivity index (χ2v) is 9.21. The fraction of sp³-hybridized carbons (Fsp3) is 0.250. The molecule has 0 saturated carbocycles. The first-order chi connectivity index (χ1) is 8.57. The zero-order valence-electron chi connectivity index (χ0n) is 10.9. The minimum absolute atomic E-state index is 0.167. The van der Waals surface area contributed by atoms with Gasteiger partial charge < -0.3 is 0 Å². The molecule has 2 aromatic rings. The minimum Gasteiger partial charge on any atom is -0.0795 e. The van der Waals surface area contributed by atoms with Crippen molar-refractivity contribution >= 4 is 22.7 Å². The van der Waals surface area contributed by atoms with Gasteiger partial charge in [0.25, 0.3) is 0 Å². The average molecular weight is 273 g/mol. The summed E-state index contributed by atoms with van der Waals surface area (Å²) in [5, 5.41) is 0. The van der Waals surface area contributed by atoms with Crippen molar-refractivity contribution in [3.05, 3.63) is 48.5 Å². The Kier molecular flexibility index (Phi) is 2.95. The molecule has 18 heavy (non-hydrogen) atoms. The van der Waals surface area contributed by atoms with Gasteiger partial charge in [0.05, 0.1) is 20.7 Å². The fourth-order valence-electron chi connectivity index (χ4n) is 2.30. The summed E-state index contributed by atoms with van der Waals surface area (Å²) in [6.07, 6.45) is 0. The molecule has 0 spiro atoms. The molecule has 0 nitrogen and oxygen atoms in total. The van der Waals surface area contributed by atoms with Gasteiger partial charge in [0.1, 0.15) is 4.75 Å². The zero-order valence-corrected chi connectivity index (χ0v) is 12.6. The third-order valence-electron chi connectivity index (χ3n) is 2.97. The molecule has 0 fully saturated rings. The summed E-state index contributed by atoms with van der Waals surface area (Å²) in [6, 6.07) is 17.7. The lowest BCUT2D eigenvalue weighted by Crippen LogP contribution is -2.30. The Morgan fingerprint density at radius 3 is 1.67 bits per heavy atom. The van der Waals surface area contributed by atoms with E-state index in [1.807, 2.05) is 11.8 Å². The largest absolute Gasteiger partial charge is 0.175 e. The molecule has 0 radical (unpaired) electrons. The molecule has 0 bridgehead atoms. The van der Waals surface area contributed by atoms with Gasteiger partial charge in [-0.25, -0.2) is 0 Å². The average Bonchev–Trinajstić information content (AvgIpc) is 2.34. The standard InChI is InChI=1S/C16H17S2/c1-16(2,3)18-14-10-6-4-8-12(14)17-13-9-5-7-11-15(13)18/h4-11H,1-3H3/q+1. The maximum atomic E-state index is 2.35. The van der Waals surface area contributed by atoms with E-state index in [0.717, 1.165) is 0 Å². The third-order valence-corrected chi connectivity index (χ3v) is 7.20. The lowest BCUT2D eigenvalue weighted by Gasteiger charge is -2.27. The molecule has 2 heteroatoms. The van der Waals surface area contributed by atoms with Crippen LogP contribution in [0, 0.1) is 0 Å². The molecule has 0 atom stereocenters. The minimum atomic E-state index is 0.167. The highest BCUT2D eigenvalue weighted by Crippen LogP contribution is 2.49. The number of benzene rings is 2. The predicted molar refractivity (Wildman–Crippen MR) is 80.7 cm³/mol. The summed E-state index contributed by atoms with van der Waals surface area (Å²) in [4.78, 5) is 5.87. The maximum Gasteiger partial charge on any atom is 0.175 e. The van der Waals surface area contributed by atoms with Gasteiger partial charge in [-0.2, -0.15) is 0 Å². The van der Waals surface area contributed by atoms with Gasteiger partial charge in [0, 0.05) is 0 Å². The number of hydrogen-bond donors (Lipinski definition) is 0. The van der Waals surface area contributed by atoms with Crippen molar-refractivity contribution < 1.29 is 0 Å². The second-order valence-electron chi connectivity index (χ2n) is 5.41. The highest BCUT2D eigenvalue weighted by molar-refractivity contribution is 8.04. The first-order valence-electron chi connectivity index (χ1n) is 6.18. The van der Waals surface area contributed by atoms with Crippen LogP contribution in [0.3, 0.4) is 0 Å². The summed E-state index contributed by atoms with van der Waals surface area (Å²) >= 11 is 1.91. The summed E-state index contributed by atoms with van der Waals surface area (Å²) in [5.41, 5.74) is 0. The number of rotatable bonds is 0. The van der Waals surface area contributed by atoms with Gasteiger partial charge in [-0.15, -0.1) is 0 Å². The lowest BCUT2D eigenvalue weighted by atomic mass is 10.3. The van der Waals surface area contributed by atoms with Gasteiger partial charge in [0.2, 0.25) is 0 Å². The maximum absolute atomic E-state index is 2.35. The van der Waals surface area contributed by atoms with Gasteiger partial charge in [-0.3, -0.25) is 0 Å². The molecule has 0 saturated heterocycles. The molecule has 0 aromatic heterocycles. The topological polar surface area (TPSA) is 0 Å². The quantitative estimate of drug-likeness (QED) is 0.610. The third kappa shape index (κ3) is 1.98. The van der Waals surface area contributed by atoms with Crippen molar-refractivity contribution in [3.63, 3.8) is 0 Å². The Bertz CT molecular complexity index is 536. The molecule has 0 amide bonds. The second kappa shape index (κ2) is 4.36. The Morgan fingerprint density at radius 2 is 1.22 bits per heavy atom. The van der Waals surface area contributed by atoms with E-state index in [0.29, 0.717) is 0 Å². The van der Waals surface area contributed by atoms with Crippen molar-refractivity contribution in [2.24, 2.45) is 0 Å². The molecule has 0 N–H and O–H groups in total. The fourth-order valence-corrected chi connectivity index (χ4v) is 6.44. The van der Waals surface area contributed by atoms with E-state index in [-0.39, 0.29) is 15.6 Å². The molecular formula is C16H17S2+. The van der Waals surface area contributed by atoms with Crippen molar-refractivity contribution in [1.82, 2.24) is 0 Å². The van der Waals surface area contributed by atoms with Crippen molar-refractivity contribution in [1.29, 1.82) is 0 Å². The Labute approximate surface area is 116 Å². The van der Waals surface area contributed by atoms with Gasteiger partial charge in [-0.1, -0.05) is 36.0 Å². The number of hydrogen-bond acceptors (Lipinski definition) is 1. The molecule has 1 aliphatic heterocycles. The van der Waals surface area contributed by atoms with Crippen LogP contribution in [0.25, 0.3) is 0 Å². The van der Waals surface area contributed by atoms with E-state index < -0.39 is 0 Å². The monoisotopic (exact) mass is 273 g/mol. The summed E-state index contributed by atoms with van der Waals surface area (Å²) in [7, 11) is 0.167. The summed E-state index contributed by atoms with van der Waals surface area (Å²) in [5.74, 6) is 0. The summed E-state index contributed by atoms with van der Waals surface area (Å²) in [6.45, 7) is 7.04. The van der Waals surface area contributed by atoms with Gasteiger partial charge in [-0.05, 0) is 45.0 Å². The predicted octanol–water partition coefficient (Wildman–Crippen LogP) is 4.99. The molecule has 1 heterocycles. The van der Waals surface area contributed by atoms with Crippen LogP contribution in [0.1, 0.15) is 20.8 Å². The SMILES string of the molecule is CC(C)(C)[S+]1c2ccccc2Sc2ccccc21. The van der Waals surface area contributed by atoms with Crippen molar-refractivity contribution in [2.75, 3.05) is 0 Å². The smallest absolute Gasteiger partial charge is 0.0795 e. The highest BCUT2D eigenvalue weighted by Gasteiger charge is 2.44. The van der Waals surface area contributed by atoms with E-state index in [4.69, 9.17) is 0 Å². The van der Waals surface area contributed by atoms with Crippen LogP contribution in [0.4, 0.5) is 0 Å². The van der Waals surface area contributed by atoms with Crippen LogP contribution in [-0.4, -0.2) is 4.75 Å². The lowest BCUT2D eigenvalue weighted by molar-refractivity contribution is 0.780. The molecule has 1 aliphatic rings. The van der Waals surface area contributed by atoms with Crippen LogP contribution in [0.5, 0.6) is 0 Å². The van der Waals surface area contributed by atoms with E-state index >= 15 is 0 Å². The molecule has 92 valence electrons. The van der Waals surface area contributed by atoms with Crippen LogP contribution in [-0.2, 0) is 10.9 Å². The van der Waals surface area contributed by atoms with E-state index in [2.05, 4.69) is 69.3 Å². The number of fused-ring (bicyclic) bond motifs is 2. The van der Waals surface area contributed by atoms with Gasteiger partial charge in [0.15, 0.2) is 9.79 Å². The van der Waals surface area contributed by atoms with Crippen LogP contribution >= 0.6 is 11.8 Å². The van der Waals surface area contributed by atoms with Crippen LogP contribution < -0.4 is 0 Å². The Hall–Kier alpha value is -0.860. The first-order valence-corrected chi connectivity index (χ1v) is 8.22. The van der Waals surface area contributed by atoms with E-state index in [1.54, 1.807) is 0 Å². The Balaban J connectivity index is 2.24. The molecule has 2 aromatic carbocycles. The van der Waals surface area contributed by atoms with Gasteiger partial charge >= 0.3 is 0 Å². The molecule has 0 unspecified atom stereocenters. The molecular weight excluding hydrogens is 256 g/mol. The zero-order chi connectivity index (χ0) is 12.8. The van der Waals surface area contributed by atoms with E-state index in [9.17, 15) is 0 Å². The highest BCUT2D eigenvalue weighted by atomic mass is 32.2. The Morgan fingerprint density at radius 1 is 0.778 bits per heavy atom. The normalized spacial score (nSPS) is 15.1. The van der Waals surface area contributed by atoms with Crippen LogP contribution in [0.2, 0.25) is 0 Å². The first kappa shape index (κ1) is 12.2. The van der Waals surface area contributed by atoms with Crippen LogP contribution in [0.15, 0.2) is 68.1 Å². The molecule has 3 rings (SSSR count). The van der Waals surface area contributed by atoms with Crippen molar-refractivity contribution in [3.8, 4) is 0 Å². The van der Waals surface area contributed by atoms with Crippen molar-refractivity contribution in [2.45, 2.75) is 45.1 Å². The van der Waals surface area contributed by atoms with E-state index in [1.165, 1.54) is 19.6 Å². The molecule has 0 aliphatic carbocycles.